The zero-order valence-electron chi connectivity index (χ0n) is 18.4. The summed E-state index contributed by atoms with van der Waals surface area (Å²) in [5.41, 5.74) is -1.71. The maximum atomic E-state index is 14.5. The van der Waals surface area contributed by atoms with Crippen LogP contribution in [0.25, 0.3) is 11.1 Å². The number of primary amides is 1. The van der Waals surface area contributed by atoms with Gasteiger partial charge in [-0.1, -0.05) is 36.4 Å². The first-order chi connectivity index (χ1) is 16.9. The summed E-state index contributed by atoms with van der Waals surface area (Å²) in [6.07, 6.45) is -12.3. The van der Waals surface area contributed by atoms with Gasteiger partial charge in [0, 0.05) is 22.4 Å². The lowest BCUT2D eigenvalue weighted by molar-refractivity contribution is -0.376. The third kappa shape index (κ3) is 5.85. The van der Waals surface area contributed by atoms with E-state index >= 15 is 0 Å². The number of rotatable bonds is 7. The molecule has 0 fully saturated rings. The highest BCUT2D eigenvalue weighted by molar-refractivity contribution is 7.91. The van der Waals surface area contributed by atoms with Crippen molar-refractivity contribution < 1.29 is 49.1 Å². The van der Waals surface area contributed by atoms with E-state index in [0.717, 1.165) is 0 Å². The monoisotopic (exact) mass is 550 g/mol. The van der Waals surface area contributed by atoms with E-state index < -0.39 is 51.0 Å². The predicted molar refractivity (Wildman–Crippen MR) is 119 cm³/mol. The number of alkyl halides is 6. The molecule has 0 heterocycles. The van der Waals surface area contributed by atoms with Gasteiger partial charge in [0.15, 0.2) is 0 Å². The van der Waals surface area contributed by atoms with Gasteiger partial charge in [-0.3, -0.25) is 9.52 Å². The number of carbonyl (C=O) groups excluding carboxylic acids is 1. The van der Waals surface area contributed by atoms with Crippen LogP contribution in [0.1, 0.15) is 21.5 Å². The molecule has 14 heteroatoms. The minimum Gasteiger partial charge on any atom is -0.369 e. The Bertz CT molecular complexity index is 1390. The van der Waals surface area contributed by atoms with Crippen molar-refractivity contribution in [2.45, 2.75) is 23.7 Å². The van der Waals surface area contributed by atoms with Gasteiger partial charge < -0.3 is 10.8 Å². The van der Waals surface area contributed by atoms with Gasteiger partial charge in [0.1, 0.15) is 5.82 Å². The lowest BCUT2D eigenvalue weighted by Crippen LogP contribution is -2.53. The van der Waals surface area contributed by atoms with E-state index in [9.17, 15) is 49.1 Å². The van der Waals surface area contributed by atoms with Gasteiger partial charge in [-0.15, -0.1) is 0 Å². The molecule has 0 unspecified atom stereocenters. The normalized spacial score (nSPS) is 12.9. The summed E-state index contributed by atoms with van der Waals surface area (Å²) in [6, 6.07) is 11.2. The molecule has 6 nitrogen and oxygen atoms in total. The third-order valence-corrected chi connectivity index (χ3v) is 6.53. The first-order valence-electron chi connectivity index (χ1n) is 10.1. The third-order valence-electron chi connectivity index (χ3n) is 5.27. The van der Waals surface area contributed by atoms with Crippen LogP contribution in [0, 0.1) is 5.82 Å². The maximum Gasteiger partial charge on any atom is 0.430 e. The quantitative estimate of drug-likeness (QED) is 0.366. The maximum absolute atomic E-state index is 14.5. The van der Waals surface area contributed by atoms with Gasteiger partial charge in [-0.2, -0.15) is 26.3 Å². The fourth-order valence-electron chi connectivity index (χ4n) is 3.38. The van der Waals surface area contributed by atoms with E-state index in [1.54, 1.807) is 0 Å². The summed E-state index contributed by atoms with van der Waals surface area (Å²) in [5.74, 6) is -2.63. The lowest BCUT2D eigenvalue weighted by atomic mass is 9.90. The molecule has 0 aromatic heterocycles. The van der Waals surface area contributed by atoms with E-state index in [4.69, 9.17) is 5.73 Å². The van der Waals surface area contributed by atoms with Crippen LogP contribution in [0.15, 0.2) is 66.7 Å². The zero-order chi connectivity index (χ0) is 27.8. The van der Waals surface area contributed by atoms with Gasteiger partial charge in [0.25, 0.3) is 5.60 Å². The van der Waals surface area contributed by atoms with Crippen molar-refractivity contribution in [2.24, 2.45) is 5.73 Å². The Balaban J connectivity index is 1.81. The number of benzene rings is 3. The molecule has 1 amide bonds. The van der Waals surface area contributed by atoms with E-state index in [1.807, 2.05) is 0 Å². The van der Waals surface area contributed by atoms with Gasteiger partial charge in [0.2, 0.25) is 15.9 Å². The molecule has 4 N–H and O–H groups in total. The molecule has 198 valence electrons. The molecule has 3 aromatic rings. The van der Waals surface area contributed by atoms with Crippen LogP contribution in [-0.4, -0.2) is 31.8 Å². The SMILES string of the molecule is NC(=O)c1ccc(CS(=O)(=O)Nc2ccc(-c3ccc(C(O)(C(F)(F)F)C(F)(F)F)cc3F)cc2)cc1. The van der Waals surface area contributed by atoms with Crippen LogP contribution in [0.5, 0.6) is 0 Å². The van der Waals surface area contributed by atoms with Crippen molar-refractivity contribution in [2.75, 3.05) is 4.72 Å². The molecule has 37 heavy (non-hydrogen) atoms. The van der Waals surface area contributed by atoms with Crippen LogP contribution in [0.3, 0.4) is 0 Å². The van der Waals surface area contributed by atoms with Gasteiger partial charge in [-0.25, -0.2) is 12.8 Å². The van der Waals surface area contributed by atoms with Crippen molar-refractivity contribution in [1.29, 1.82) is 0 Å². The Kier molecular flexibility index (Phi) is 7.30. The Morgan fingerprint density at radius 2 is 1.41 bits per heavy atom. The Hall–Kier alpha value is -3.65. The van der Waals surface area contributed by atoms with Crippen molar-refractivity contribution in [3.05, 3.63) is 89.2 Å². The molecule has 0 aliphatic rings. The number of aliphatic hydroxyl groups is 1. The first-order valence-corrected chi connectivity index (χ1v) is 11.8. The molecule has 0 bridgehead atoms. The number of nitrogens with one attached hydrogen (secondary N) is 1. The summed E-state index contributed by atoms with van der Waals surface area (Å²) in [6.45, 7) is 0. The molecule has 0 spiro atoms. The highest BCUT2D eigenvalue weighted by Gasteiger charge is 2.71. The fraction of sp³-hybridized carbons (Fsp3) is 0.174. The topological polar surface area (TPSA) is 109 Å². The number of carbonyl (C=O) groups is 1. The second kappa shape index (κ2) is 9.67. The van der Waals surface area contributed by atoms with Crippen LogP contribution >= 0.6 is 0 Å². The highest BCUT2D eigenvalue weighted by Crippen LogP contribution is 2.50. The molecular weight excluding hydrogens is 533 g/mol. The Labute approximate surface area is 205 Å². The lowest BCUT2D eigenvalue weighted by Gasteiger charge is -2.32. The first kappa shape index (κ1) is 27.9. The van der Waals surface area contributed by atoms with Crippen molar-refractivity contribution in [3.63, 3.8) is 0 Å². The van der Waals surface area contributed by atoms with Gasteiger partial charge in [-0.05, 0) is 41.5 Å². The van der Waals surface area contributed by atoms with Crippen LogP contribution < -0.4 is 10.5 Å². The summed E-state index contributed by atoms with van der Waals surface area (Å²) in [4.78, 5) is 11.1. The zero-order valence-corrected chi connectivity index (χ0v) is 19.2. The minimum absolute atomic E-state index is 0.0107. The summed E-state index contributed by atoms with van der Waals surface area (Å²) in [7, 11) is -3.94. The van der Waals surface area contributed by atoms with Gasteiger partial charge in [0.05, 0.1) is 5.75 Å². The van der Waals surface area contributed by atoms with Gasteiger partial charge >= 0.3 is 12.4 Å². The standard InChI is InChI=1S/C23H17F7N2O4S/c24-19-11-16(21(34,22(25,26)27)23(28,29)30)7-10-18(19)14-5-8-17(9-6-14)32-37(35,36)12-13-1-3-15(4-2-13)20(31)33/h1-11,32,34H,12H2,(H2,31,33). The summed E-state index contributed by atoms with van der Waals surface area (Å²) in [5, 5.41) is 9.43. The Morgan fingerprint density at radius 1 is 0.865 bits per heavy atom. The smallest absolute Gasteiger partial charge is 0.369 e. The molecule has 0 atom stereocenters. The summed E-state index contributed by atoms with van der Waals surface area (Å²) >= 11 is 0. The van der Waals surface area contributed by atoms with Crippen LogP contribution in [0.4, 0.5) is 36.4 Å². The summed E-state index contributed by atoms with van der Waals surface area (Å²) < 4.78 is 120. The molecular formula is C23H17F7N2O4S. The molecule has 0 saturated heterocycles. The highest BCUT2D eigenvalue weighted by atomic mass is 32.2. The van der Waals surface area contributed by atoms with E-state index in [-0.39, 0.29) is 28.4 Å². The molecule has 0 aliphatic heterocycles. The van der Waals surface area contributed by atoms with E-state index in [2.05, 4.69) is 4.72 Å². The van der Waals surface area contributed by atoms with Crippen LogP contribution in [-0.2, 0) is 21.4 Å². The van der Waals surface area contributed by atoms with Crippen molar-refractivity contribution in [3.8, 4) is 11.1 Å². The van der Waals surface area contributed by atoms with Crippen molar-refractivity contribution in [1.82, 2.24) is 0 Å². The number of amides is 1. The molecule has 3 aromatic carbocycles. The largest absolute Gasteiger partial charge is 0.430 e. The Morgan fingerprint density at radius 3 is 1.86 bits per heavy atom. The number of hydrogen-bond donors (Lipinski definition) is 3. The molecule has 0 aliphatic carbocycles. The number of halogens is 7. The predicted octanol–water partition coefficient (Wildman–Crippen LogP) is 4.85. The second-order valence-electron chi connectivity index (χ2n) is 7.90. The number of anilines is 1. The number of nitrogens with two attached hydrogens (primary N) is 1. The van der Waals surface area contributed by atoms with E-state index in [1.165, 1.54) is 48.5 Å². The fourth-order valence-corrected chi connectivity index (χ4v) is 4.58. The van der Waals surface area contributed by atoms with Crippen LogP contribution in [0.2, 0.25) is 0 Å². The molecule has 3 rings (SSSR count). The van der Waals surface area contributed by atoms with Crippen molar-refractivity contribution >= 4 is 21.6 Å². The number of sulfonamides is 1. The number of hydrogen-bond acceptors (Lipinski definition) is 4. The van der Waals surface area contributed by atoms with E-state index in [0.29, 0.717) is 17.7 Å². The minimum atomic E-state index is -6.16. The second-order valence-corrected chi connectivity index (χ2v) is 9.62. The molecule has 0 saturated carbocycles. The average Bonchev–Trinajstić information content (AvgIpc) is 2.77. The average molecular weight is 550 g/mol. The molecule has 0 radical (unpaired) electrons.